The van der Waals surface area contributed by atoms with Crippen LogP contribution in [0.1, 0.15) is 69.6 Å². The third-order valence-electron chi connectivity index (χ3n) is 9.98. The van der Waals surface area contributed by atoms with Gasteiger partial charge in [-0.2, -0.15) is 0 Å². The molecule has 5 aromatic carbocycles. The molecule has 0 bridgehead atoms. The molecular weight excluding hydrogens is 1100 g/mol. The zero-order valence-electron chi connectivity index (χ0n) is 45.2. The molecule has 9 rings (SSSR count). The number of ether oxygens (including phenoxy) is 2. The molecule has 0 saturated carbocycles. The summed E-state index contributed by atoms with van der Waals surface area (Å²) in [5.41, 5.74) is 5.51. The Morgan fingerprint density at radius 2 is 0.848 bits per heavy atom. The van der Waals surface area contributed by atoms with E-state index in [4.69, 9.17) is 30.3 Å². The molecule has 18 nitrogen and oxygen atoms in total. The van der Waals surface area contributed by atoms with E-state index >= 15 is 0 Å². The molecule has 4 saturated heterocycles. The van der Waals surface area contributed by atoms with Gasteiger partial charge in [0.15, 0.2) is 0 Å². The van der Waals surface area contributed by atoms with Crippen LogP contribution in [-0.4, -0.2) is 167 Å². The second kappa shape index (κ2) is 50.8. The van der Waals surface area contributed by atoms with Crippen LogP contribution < -0.4 is 29.5 Å². The predicted octanol–water partition coefficient (Wildman–Crippen LogP) is 4.42. The molecule has 4 heterocycles. The number of benzene rings is 5. The number of nitrogens with zero attached hydrogens (tertiary/aromatic N) is 3. The Labute approximate surface area is 495 Å². The van der Waals surface area contributed by atoms with Gasteiger partial charge in [0.1, 0.15) is 6.29 Å². The van der Waals surface area contributed by atoms with E-state index in [0.717, 1.165) is 101 Å². The quantitative estimate of drug-likeness (QED) is 0.0644. The number of amides is 1. The van der Waals surface area contributed by atoms with Crippen molar-refractivity contribution in [3.8, 4) is 0 Å². The number of nitrogens with one attached hydrogen (secondary N) is 2. The SMILES string of the molecule is C.C.CC(=O)Nc1cccc(Br)c1.CC(=O)O.COC(C)=O.COC(C)=O.Cl.O=Cc1ccccc1.OC1CN(Cc2ccccc2)C1.OC1CN(Cc2ccccc2)C1.OC1CN(Cc2ccccc2)C1.OC1CNC1.[Li+].[OH-]. The molecule has 4 aliphatic rings. The average Bonchev–Trinajstić information content (AvgIpc) is 3.34. The summed E-state index contributed by atoms with van der Waals surface area (Å²) in [6.07, 6.45) is 0.520. The van der Waals surface area contributed by atoms with Gasteiger partial charge >= 0.3 is 30.8 Å². The van der Waals surface area contributed by atoms with Crippen molar-refractivity contribution >= 4 is 64.1 Å². The van der Waals surface area contributed by atoms with Crippen LogP contribution >= 0.6 is 28.3 Å². The van der Waals surface area contributed by atoms with Crippen molar-refractivity contribution in [2.75, 3.05) is 71.9 Å². The molecule has 5 aromatic rings. The Morgan fingerprint density at radius 3 is 1.04 bits per heavy atom. The number of carboxylic acids is 1. The van der Waals surface area contributed by atoms with Gasteiger partial charge in [-0.05, 0) is 34.9 Å². The van der Waals surface area contributed by atoms with Gasteiger partial charge in [-0.3, -0.25) is 38.7 Å². The van der Waals surface area contributed by atoms with Crippen LogP contribution in [0.25, 0.3) is 0 Å². The number of rotatable bonds is 8. The minimum atomic E-state index is -0.833. The maximum Gasteiger partial charge on any atom is 1.00 e. The summed E-state index contributed by atoms with van der Waals surface area (Å²) in [6, 6.07) is 47.6. The first-order valence-corrected chi connectivity index (χ1v) is 24.6. The van der Waals surface area contributed by atoms with Crippen LogP contribution in [0.4, 0.5) is 5.69 Å². The largest absolute Gasteiger partial charge is 1.00 e. The van der Waals surface area contributed by atoms with Gasteiger partial charge in [-0.25, -0.2) is 0 Å². The number of methoxy groups -OCH3 is 2. The number of aliphatic hydroxyl groups is 4. The van der Waals surface area contributed by atoms with E-state index in [1.807, 2.05) is 97.1 Å². The third kappa shape index (κ3) is 46.1. The fourth-order valence-electron chi connectivity index (χ4n) is 6.11. The molecule has 0 radical (unpaired) electrons. The van der Waals surface area contributed by atoms with E-state index in [2.05, 4.69) is 87.1 Å². The third-order valence-corrected chi connectivity index (χ3v) is 10.5. The number of hydrogen-bond acceptors (Lipinski definition) is 16. The Bertz CT molecular complexity index is 2120. The van der Waals surface area contributed by atoms with Gasteiger partial charge in [-0.15, -0.1) is 12.4 Å². The molecule has 1 amide bonds. The second-order valence-electron chi connectivity index (χ2n) is 16.9. The van der Waals surface area contributed by atoms with E-state index in [1.165, 1.54) is 51.7 Å². The Morgan fingerprint density at radius 1 is 0.570 bits per heavy atom. The van der Waals surface area contributed by atoms with Crippen molar-refractivity contribution < 1.29 is 83.3 Å². The van der Waals surface area contributed by atoms with Gasteiger partial charge in [0.2, 0.25) is 5.91 Å². The normalized spacial score (nSPS) is 13.7. The van der Waals surface area contributed by atoms with Crippen LogP contribution in [0.15, 0.2) is 150 Å². The van der Waals surface area contributed by atoms with Crippen LogP contribution in [0.3, 0.4) is 0 Å². The molecule has 4 aliphatic heterocycles. The van der Waals surface area contributed by atoms with Crippen LogP contribution in [0, 0.1) is 0 Å². The number of halogens is 2. The Hall–Kier alpha value is -5.34. The molecule has 8 N–H and O–H groups in total. The number of carbonyl (C=O) groups excluding carboxylic acids is 4. The fraction of sp³-hybridized carbons (Fsp3) is 0.397. The van der Waals surface area contributed by atoms with E-state index in [0.29, 0.717) is 0 Å². The van der Waals surface area contributed by atoms with E-state index < -0.39 is 5.97 Å². The molecule has 0 aliphatic carbocycles. The summed E-state index contributed by atoms with van der Waals surface area (Å²) in [4.78, 5) is 55.5. The summed E-state index contributed by atoms with van der Waals surface area (Å²) in [6.45, 7) is 14.8. The topological polar surface area (TPSA) is 269 Å². The minimum absolute atomic E-state index is 0. The summed E-state index contributed by atoms with van der Waals surface area (Å²) >= 11 is 3.30. The maximum atomic E-state index is 10.6. The minimum Gasteiger partial charge on any atom is -0.870 e. The van der Waals surface area contributed by atoms with E-state index in [9.17, 15) is 19.2 Å². The number of aliphatic carboxylic acids is 1. The Kier molecular flexibility index (Phi) is 53.1. The van der Waals surface area contributed by atoms with Gasteiger partial charge in [0, 0.05) is 115 Å². The van der Waals surface area contributed by atoms with E-state index in [-0.39, 0.29) is 93.9 Å². The van der Waals surface area contributed by atoms with E-state index in [1.54, 1.807) is 12.1 Å². The number of esters is 2. The van der Waals surface area contributed by atoms with Gasteiger partial charge in [0.05, 0.1) is 38.6 Å². The van der Waals surface area contributed by atoms with Crippen molar-refractivity contribution in [1.82, 2.24) is 20.0 Å². The van der Waals surface area contributed by atoms with Gasteiger partial charge in [-0.1, -0.05) is 158 Å². The number of carboxylic acid groups (broad SMARTS) is 1. The van der Waals surface area contributed by atoms with Gasteiger partial charge < -0.3 is 51.1 Å². The number of likely N-dealkylation sites (tertiary alicyclic amines) is 3. The maximum absolute atomic E-state index is 10.6. The molecule has 436 valence electrons. The molecule has 0 atom stereocenters. The fourth-order valence-corrected chi connectivity index (χ4v) is 6.51. The molecule has 0 spiro atoms. The first-order valence-electron chi connectivity index (χ1n) is 23.9. The molecule has 0 unspecified atom stereocenters. The number of hydrogen-bond donors (Lipinski definition) is 7. The number of aldehydes is 1. The van der Waals surface area contributed by atoms with Gasteiger partial charge in [0.25, 0.3) is 5.97 Å². The molecular formula is C58H86BrClLiN5O13. The Balaban J connectivity index is -0.000000264. The first kappa shape index (κ1) is 82.5. The van der Waals surface area contributed by atoms with Crippen molar-refractivity contribution in [3.05, 3.63) is 172 Å². The predicted molar refractivity (Wildman–Crippen MR) is 314 cm³/mol. The average molecular weight is 1180 g/mol. The first-order chi connectivity index (χ1) is 35.3. The monoisotopic (exact) mass is 1180 g/mol. The van der Waals surface area contributed by atoms with Crippen LogP contribution in [0.2, 0.25) is 0 Å². The molecule has 0 aromatic heterocycles. The van der Waals surface area contributed by atoms with Crippen LogP contribution in [-0.2, 0) is 48.3 Å². The zero-order chi connectivity index (χ0) is 55.1. The zero-order valence-corrected chi connectivity index (χ0v) is 47.6. The second-order valence-corrected chi connectivity index (χ2v) is 17.9. The van der Waals surface area contributed by atoms with Crippen LogP contribution in [0.5, 0.6) is 0 Å². The smallest absolute Gasteiger partial charge is 0.870 e. The summed E-state index contributed by atoms with van der Waals surface area (Å²) in [7, 11) is 2.70. The summed E-state index contributed by atoms with van der Waals surface area (Å²) in [5, 5.41) is 48.6. The van der Waals surface area contributed by atoms with Crippen molar-refractivity contribution in [2.45, 2.75) is 86.6 Å². The number of aliphatic hydroxyl groups excluding tert-OH is 4. The number of anilines is 1. The molecule has 21 heteroatoms. The standard InChI is InChI=1S/3C10H13NO.C8H8BrNO.C7H6O.C3H7NO.2C3H6O2.C2H4O2.2CH4.ClH.Li.H2O/c3*12-10-7-11(8-10)6-9-4-2-1-3-5-9;1-6(11)10-8-4-2-3-7(9)5-8;8-6-7-4-2-1-3-5-7;5-3-1-4-2-3;2*1-3(4)5-2;1-2(3)4;;;;;/h3*1-5,10,12H,6-8H2;2-5H,1H3,(H,10,11);1-6H;3-5H,1-2H2;2*1-2H3;1H3,(H,3,4);2*1H4;1H;;1H2/q;;;;;;;;;;;;+1;/p-1. The van der Waals surface area contributed by atoms with Crippen molar-refractivity contribution in [3.63, 3.8) is 0 Å². The number of carbonyl (C=O) groups is 5. The number of β-amino-alcohol motifs (C(OH)–C–C–N with tert-alkyl or cyclic N) is 4. The van der Waals surface area contributed by atoms with Crippen molar-refractivity contribution in [1.29, 1.82) is 0 Å². The molecule has 4 fully saturated rings. The summed E-state index contributed by atoms with van der Waals surface area (Å²) < 4.78 is 9.18. The molecule has 79 heavy (non-hydrogen) atoms. The van der Waals surface area contributed by atoms with Crippen molar-refractivity contribution in [2.24, 2.45) is 0 Å². The summed E-state index contributed by atoms with van der Waals surface area (Å²) in [5.74, 6) is -1.38.